The lowest BCUT2D eigenvalue weighted by Gasteiger charge is -2.04. The molecule has 0 N–H and O–H groups in total. The number of nitrogens with zero attached hydrogens (tertiary/aromatic N) is 2. The molecule has 0 aliphatic rings. The summed E-state index contributed by atoms with van der Waals surface area (Å²) in [5, 5.41) is 0. The number of alkyl halides is 3. The minimum Gasteiger partial charge on any atom is -0.232 e. The molecule has 1 radical (unpaired) electrons. The molecule has 0 unspecified atom stereocenters. The van der Waals surface area contributed by atoms with Gasteiger partial charge in [-0.15, -0.1) is 0 Å². The largest absolute Gasteiger partial charge is 0.451 e. The van der Waals surface area contributed by atoms with Gasteiger partial charge in [0.05, 0.1) is 5.69 Å². The van der Waals surface area contributed by atoms with Gasteiger partial charge in [0.1, 0.15) is 0 Å². The minimum atomic E-state index is -4.46. The summed E-state index contributed by atoms with van der Waals surface area (Å²) in [4.78, 5) is 6.34. The molecule has 65 valence electrons. The fraction of sp³-hybridized carbons (Fsp3) is 0.429. The van der Waals surface area contributed by atoms with Crippen molar-refractivity contribution in [3.05, 3.63) is 23.8 Å². The first-order valence-electron chi connectivity index (χ1n) is 3.35. The van der Waals surface area contributed by atoms with Crippen molar-refractivity contribution in [2.24, 2.45) is 0 Å². The normalized spacial score (nSPS) is 11.7. The number of aromatic nitrogens is 2. The number of rotatable bonds is 1. The van der Waals surface area contributed by atoms with E-state index in [0.717, 1.165) is 6.20 Å². The van der Waals surface area contributed by atoms with Gasteiger partial charge in [-0.1, -0.05) is 6.92 Å². The Bertz CT molecular complexity index is 270. The van der Waals surface area contributed by atoms with Crippen molar-refractivity contribution < 1.29 is 13.2 Å². The number of hydrogen-bond donors (Lipinski definition) is 0. The zero-order valence-electron chi connectivity index (χ0n) is 6.31. The Kier molecular flexibility index (Phi) is 2.30. The molecule has 1 aromatic rings. The van der Waals surface area contributed by atoms with Crippen LogP contribution in [-0.4, -0.2) is 9.97 Å². The van der Waals surface area contributed by atoms with Gasteiger partial charge in [0.15, 0.2) is 0 Å². The van der Waals surface area contributed by atoms with Gasteiger partial charge in [0.2, 0.25) is 5.82 Å². The van der Waals surface area contributed by atoms with Crippen molar-refractivity contribution in [1.29, 1.82) is 0 Å². The fourth-order valence-electron chi connectivity index (χ4n) is 0.675. The molecule has 5 heteroatoms. The van der Waals surface area contributed by atoms with Crippen LogP contribution in [0, 0.1) is 6.07 Å². The highest BCUT2D eigenvalue weighted by molar-refractivity contribution is 5.02. The van der Waals surface area contributed by atoms with Crippen LogP contribution in [0.5, 0.6) is 0 Å². The molecule has 2 nitrogen and oxygen atoms in total. The van der Waals surface area contributed by atoms with Gasteiger partial charge in [-0.25, -0.2) is 9.97 Å². The van der Waals surface area contributed by atoms with E-state index < -0.39 is 12.0 Å². The summed E-state index contributed by atoms with van der Waals surface area (Å²) >= 11 is 0. The summed E-state index contributed by atoms with van der Waals surface area (Å²) in [7, 11) is 0. The molecule has 0 amide bonds. The monoisotopic (exact) mass is 175 g/mol. The lowest BCUT2D eigenvalue weighted by Crippen LogP contribution is -2.11. The molecular formula is C7H6F3N2. The molecule has 0 aliphatic heterocycles. The zero-order valence-corrected chi connectivity index (χ0v) is 6.31. The molecular weight excluding hydrogens is 169 g/mol. The number of aryl methyl sites for hydroxylation is 1. The van der Waals surface area contributed by atoms with E-state index in [-0.39, 0.29) is 5.69 Å². The second-order valence-electron chi connectivity index (χ2n) is 2.14. The van der Waals surface area contributed by atoms with Crippen LogP contribution in [0.4, 0.5) is 13.2 Å². The first-order chi connectivity index (χ1) is 5.54. The van der Waals surface area contributed by atoms with Gasteiger partial charge < -0.3 is 0 Å². The smallest absolute Gasteiger partial charge is 0.232 e. The third-order valence-corrected chi connectivity index (χ3v) is 1.25. The Morgan fingerprint density at radius 1 is 1.50 bits per heavy atom. The third kappa shape index (κ3) is 1.93. The molecule has 0 aliphatic carbocycles. The highest BCUT2D eigenvalue weighted by atomic mass is 19.4. The molecule has 1 rings (SSSR count). The van der Waals surface area contributed by atoms with Crippen molar-refractivity contribution >= 4 is 0 Å². The van der Waals surface area contributed by atoms with Crippen LogP contribution >= 0.6 is 0 Å². The van der Waals surface area contributed by atoms with E-state index in [1.165, 1.54) is 0 Å². The lowest BCUT2D eigenvalue weighted by atomic mass is 10.3. The minimum absolute atomic E-state index is 0.275. The predicted molar refractivity (Wildman–Crippen MR) is 35.2 cm³/mol. The summed E-state index contributed by atoms with van der Waals surface area (Å²) in [6.07, 6.45) is -3.04. The van der Waals surface area contributed by atoms with E-state index in [9.17, 15) is 13.2 Å². The molecule has 0 saturated heterocycles. The maximum absolute atomic E-state index is 12.0. The number of hydrogen-bond acceptors (Lipinski definition) is 2. The second-order valence-corrected chi connectivity index (χ2v) is 2.14. The molecule has 12 heavy (non-hydrogen) atoms. The Hall–Kier alpha value is -1.13. The molecule has 0 spiro atoms. The van der Waals surface area contributed by atoms with Gasteiger partial charge >= 0.3 is 6.18 Å². The quantitative estimate of drug-likeness (QED) is 0.651. The second kappa shape index (κ2) is 3.08. The maximum Gasteiger partial charge on any atom is 0.451 e. The average molecular weight is 175 g/mol. The van der Waals surface area contributed by atoms with Gasteiger partial charge in [0.25, 0.3) is 0 Å². The lowest BCUT2D eigenvalue weighted by molar-refractivity contribution is -0.145. The molecule has 0 fully saturated rings. The Balaban J connectivity index is 3.02. The summed E-state index contributed by atoms with van der Waals surface area (Å²) in [6, 6.07) is 2.51. The highest BCUT2D eigenvalue weighted by Gasteiger charge is 2.34. The van der Waals surface area contributed by atoms with Crippen molar-refractivity contribution in [3.8, 4) is 0 Å². The molecule has 0 atom stereocenters. The van der Waals surface area contributed by atoms with E-state index >= 15 is 0 Å². The van der Waals surface area contributed by atoms with Crippen molar-refractivity contribution in [1.82, 2.24) is 9.97 Å². The standard InChI is InChI=1S/C7H6F3N2/c1-2-5-3-4-11-6(12-5)7(8,9)10/h4H,2H2,1H3. The van der Waals surface area contributed by atoms with Crippen LogP contribution < -0.4 is 0 Å². The molecule has 0 saturated carbocycles. The molecule has 0 aromatic carbocycles. The van der Waals surface area contributed by atoms with Crippen LogP contribution in [0.1, 0.15) is 18.4 Å². The SMILES string of the molecule is CCc1[c]cnc(C(F)(F)F)n1. The first kappa shape index (κ1) is 8.96. The average Bonchev–Trinajstić information content (AvgIpc) is 2.03. The van der Waals surface area contributed by atoms with Crippen LogP contribution in [0.25, 0.3) is 0 Å². The van der Waals surface area contributed by atoms with Gasteiger partial charge in [0, 0.05) is 12.3 Å². The summed E-state index contributed by atoms with van der Waals surface area (Å²) in [6.45, 7) is 1.71. The molecule has 0 bridgehead atoms. The van der Waals surface area contributed by atoms with E-state index in [4.69, 9.17) is 0 Å². The van der Waals surface area contributed by atoms with Crippen molar-refractivity contribution in [3.63, 3.8) is 0 Å². The maximum atomic E-state index is 12.0. The zero-order chi connectivity index (χ0) is 9.19. The van der Waals surface area contributed by atoms with Crippen molar-refractivity contribution in [2.45, 2.75) is 19.5 Å². The molecule has 1 heterocycles. The highest BCUT2D eigenvalue weighted by Crippen LogP contribution is 2.25. The Morgan fingerprint density at radius 3 is 2.67 bits per heavy atom. The van der Waals surface area contributed by atoms with E-state index in [2.05, 4.69) is 16.0 Å². The van der Waals surface area contributed by atoms with E-state index in [1.54, 1.807) is 6.92 Å². The number of halogens is 3. The predicted octanol–water partition coefficient (Wildman–Crippen LogP) is 1.86. The first-order valence-corrected chi connectivity index (χ1v) is 3.35. The van der Waals surface area contributed by atoms with Crippen LogP contribution in [0.15, 0.2) is 6.20 Å². The van der Waals surface area contributed by atoms with Gasteiger partial charge in [-0.05, 0) is 6.42 Å². The van der Waals surface area contributed by atoms with Crippen LogP contribution in [0.2, 0.25) is 0 Å². The molecule has 1 aromatic heterocycles. The van der Waals surface area contributed by atoms with Gasteiger partial charge in [-0.3, -0.25) is 0 Å². The Labute approximate surface area is 67.5 Å². The topological polar surface area (TPSA) is 25.8 Å². The summed E-state index contributed by atoms with van der Waals surface area (Å²) < 4.78 is 35.9. The van der Waals surface area contributed by atoms with Crippen LogP contribution in [-0.2, 0) is 12.6 Å². The van der Waals surface area contributed by atoms with Crippen molar-refractivity contribution in [2.75, 3.05) is 0 Å². The Morgan fingerprint density at radius 2 is 2.17 bits per heavy atom. The third-order valence-electron chi connectivity index (χ3n) is 1.25. The summed E-state index contributed by atoms with van der Waals surface area (Å²) in [5.41, 5.74) is 0.275. The van der Waals surface area contributed by atoms with Crippen LogP contribution in [0.3, 0.4) is 0 Å². The van der Waals surface area contributed by atoms with E-state index in [1.807, 2.05) is 0 Å². The fourth-order valence-corrected chi connectivity index (χ4v) is 0.675. The van der Waals surface area contributed by atoms with E-state index in [0.29, 0.717) is 6.42 Å². The van der Waals surface area contributed by atoms with Gasteiger partial charge in [-0.2, -0.15) is 13.2 Å². The summed E-state index contributed by atoms with van der Waals surface area (Å²) in [5.74, 6) is -1.10.